The van der Waals surface area contributed by atoms with Crippen LogP contribution in [0.5, 0.6) is 11.5 Å². The number of halogens is 2. The fourth-order valence-corrected chi connectivity index (χ4v) is 2.19. The second-order valence-electron chi connectivity index (χ2n) is 5.00. The van der Waals surface area contributed by atoms with Crippen LogP contribution in [0.3, 0.4) is 0 Å². The van der Waals surface area contributed by atoms with Crippen molar-refractivity contribution in [2.45, 2.75) is 6.61 Å². The van der Waals surface area contributed by atoms with Crippen LogP contribution in [-0.2, 0) is 0 Å². The molecule has 1 amide bonds. The van der Waals surface area contributed by atoms with Gasteiger partial charge in [-0.25, -0.2) is 4.68 Å². The van der Waals surface area contributed by atoms with Crippen LogP contribution >= 0.6 is 0 Å². The Morgan fingerprint density at radius 1 is 1.15 bits per heavy atom. The zero-order chi connectivity index (χ0) is 18.5. The van der Waals surface area contributed by atoms with E-state index < -0.39 is 12.5 Å². The first-order valence-corrected chi connectivity index (χ1v) is 7.34. The van der Waals surface area contributed by atoms with Crippen LogP contribution in [0.2, 0.25) is 0 Å². The van der Waals surface area contributed by atoms with Crippen molar-refractivity contribution in [2.24, 2.45) is 0 Å². The topological polar surface area (TPSA) is 91.2 Å². The average Bonchev–Trinajstić information content (AvgIpc) is 3.16. The van der Waals surface area contributed by atoms with Gasteiger partial charge in [0.2, 0.25) is 0 Å². The minimum Gasteiger partial charge on any atom is -0.493 e. The summed E-state index contributed by atoms with van der Waals surface area (Å²) in [5.74, 6) is -0.454. The first-order chi connectivity index (χ1) is 12.6. The van der Waals surface area contributed by atoms with Crippen molar-refractivity contribution < 1.29 is 23.0 Å². The SMILES string of the molecule is COc1ccc(NC(=O)c2ccc(-n3cnnn3)cc2)cc1OC(F)F. The highest BCUT2D eigenvalue weighted by Gasteiger charge is 2.13. The minimum absolute atomic E-state index is 0.133. The van der Waals surface area contributed by atoms with Gasteiger partial charge in [0.25, 0.3) is 5.91 Å². The van der Waals surface area contributed by atoms with E-state index in [1.54, 1.807) is 24.3 Å². The molecule has 134 valence electrons. The predicted molar refractivity (Wildman–Crippen MR) is 86.7 cm³/mol. The van der Waals surface area contributed by atoms with Crippen LogP contribution in [0, 0.1) is 0 Å². The van der Waals surface area contributed by atoms with Gasteiger partial charge in [-0.15, -0.1) is 5.10 Å². The van der Waals surface area contributed by atoms with Crippen LogP contribution in [0.15, 0.2) is 48.8 Å². The molecular formula is C16H13F2N5O3. The fourth-order valence-electron chi connectivity index (χ4n) is 2.19. The van der Waals surface area contributed by atoms with Gasteiger partial charge in [-0.2, -0.15) is 8.78 Å². The predicted octanol–water partition coefficient (Wildman–Crippen LogP) is 2.52. The lowest BCUT2D eigenvalue weighted by Crippen LogP contribution is -2.12. The van der Waals surface area contributed by atoms with Crippen LogP contribution in [0.1, 0.15) is 10.4 Å². The standard InChI is InChI=1S/C16H13F2N5O3/c1-25-13-7-4-11(8-14(13)26-16(17)18)20-15(24)10-2-5-12(6-3-10)23-9-19-21-22-23/h2-9,16H,1H3,(H,20,24). The maximum Gasteiger partial charge on any atom is 0.387 e. The molecule has 2 aromatic carbocycles. The molecule has 1 N–H and O–H groups in total. The van der Waals surface area contributed by atoms with E-state index in [9.17, 15) is 13.6 Å². The number of anilines is 1. The number of tetrazole rings is 1. The zero-order valence-electron chi connectivity index (χ0n) is 13.5. The number of carbonyl (C=O) groups excluding carboxylic acids is 1. The lowest BCUT2D eigenvalue weighted by molar-refractivity contribution is -0.0511. The molecule has 0 radical (unpaired) electrons. The second-order valence-corrected chi connectivity index (χ2v) is 5.00. The number of nitrogens with one attached hydrogen (secondary N) is 1. The Hall–Kier alpha value is -3.56. The number of benzene rings is 2. The number of amides is 1. The molecule has 0 aliphatic rings. The summed E-state index contributed by atoms with van der Waals surface area (Å²) in [6.45, 7) is -3.01. The fraction of sp³-hybridized carbons (Fsp3) is 0.125. The number of carbonyl (C=O) groups is 1. The van der Waals surface area contributed by atoms with Gasteiger partial charge in [0.05, 0.1) is 12.8 Å². The Morgan fingerprint density at radius 2 is 1.92 bits per heavy atom. The van der Waals surface area contributed by atoms with Crippen molar-refractivity contribution in [2.75, 3.05) is 12.4 Å². The van der Waals surface area contributed by atoms with Gasteiger partial charge in [0, 0.05) is 17.3 Å². The van der Waals surface area contributed by atoms with Gasteiger partial charge < -0.3 is 14.8 Å². The van der Waals surface area contributed by atoms with Gasteiger partial charge in [-0.3, -0.25) is 4.79 Å². The van der Waals surface area contributed by atoms with E-state index in [0.717, 1.165) is 0 Å². The molecule has 8 nitrogen and oxygen atoms in total. The second kappa shape index (κ2) is 7.55. The van der Waals surface area contributed by atoms with Crippen molar-refractivity contribution in [1.82, 2.24) is 20.2 Å². The number of hydrogen-bond donors (Lipinski definition) is 1. The van der Waals surface area contributed by atoms with Crippen LogP contribution < -0.4 is 14.8 Å². The van der Waals surface area contributed by atoms with Gasteiger partial charge in [-0.05, 0) is 46.8 Å². The number of alkyl halides is 2. The van der Waals surface area contributed by atoms with E-state index in [1.807, 2.05) is 0 Å². The number of methoxy groups -OCH3 is 1. The average molecular weight is 361 g/mol. The van der Waals surface area contributed by atoms with Crippen molar-refractivity contribution in [3.8, 4) is 17.2 Å². The zero-order valence-corrected chi connectivity index (χ0v) is 13.5. The molecule has 0 aliphatic carbocycles. The molecule has 3 aromatic rings. The molecule has 0 fully saturated rings. The van der Waals surface area contributed by atoms with Crippen LogP contribution in [0.4, 0.5) is 14.5 Å². The van der Waals surface area contributed by atoms with Crippen LogP contribution in [-0.4, -0.2) is 39.8 Å². The molecular weight excluding hydrogens is 348 g/mol. The third-order valence-corrected chi connectivity index (χ3v) is 3.38. The van der Waals surface area contributed by atoms with E-state index in [2.05, 4.69) is 25.6 Å². The van der Waals surface area contributed by atoms with E-state index in [1.165, 1.54) is 36.3 Å². The largest absolute Gasteiger partial charge is 0.493 e. The van der Waals surface area contributed by atoms with E-state index >= 15 is 0 Å². The van der Waals surface area contributed by atoms with Gasteiger partial charge in [-0.1, -0.05) is 0 Å². The number of ether oxygens (including phenoxy) is 2. The Balaban J connectivity index is 1.75. The summed E-state index contributed by atoms with van der Waals surface area (Å²) in [5.41, 5.74) is 1.34. The van der Waals surface area contributed by atoms with E-state index in [0.29, 0.717) is 11.3 Å². The quantitative estimate of drug-likeness (QED) is 0.725. The highest BCUT2D eigenvalue weighted by atomic mass is 19.3. The molecule has 0 spiro atoms. The number of nitrogens with zero attached hydrogens (tertiary/aromatic N) is 4. The first-order valence-electron chi connectivity index (χ1n) is 7.34. The lowest BCUT2D eigenvalue weighted by atomic mass is 10.2. The van der Waals surface area contributed by atoms with Crippen molar-refractivity contribution in [1.29, 1.82) is 0 Å². The third-order valence-electron chi connectivity index (χ3n) is 3.38. The smallest absolute Gasteiger partial charge is 0.387 e. The Morgan fingerprint density at radius 3 is 2.54 bits per heavy atom. The monoisotopic (exact) mass is 361 g/mol. The summed E-state index contributed by atoms with van der Waals surface area (Å²) in [6.07, 6.45) is 1.43. The van der Waals surface area contributed by atoms with Gasteiger partial charge in [0.15, 0.2) is 11.5 Å². The number of hydrogen-bond acceptors (Lipinski definition) is 6. The molecule has 0 aliphatic heterocycles. The summed E-state index contributed by atoms with van der Waals surface area (Å²) in [4.78, 5) is 12.3. The Kier molecular flexibility index (Phi) is 5.02. The Bertz CT molecular complexity index is 885. The summed E-state index contributed by atoms with van der Waals surface area (Å²) < 4.78 is 35.7. The van der Waals surface area contributed by atoms with Gasteiger partial charge in [0.1, 0.15) is 6.33 Å². The third kappa shape index (κ3) is 3.91. The molecule has 0 atom stereocenters. The molecule has 0 unspecified atom stereocenters. The van der Waals surface area contributed by atoms with Crippen LogP contribution in [0.25, 0.3) is 5.69 Å². The molecule has 3 rings (SSSR count). The normalized spacial score (nSPS) is 10.6. The van der Waals surface area contributed by atoms with Crippen molar-refractivity contribution in [3.05, 3.63) is 54.4 Å². The number of aromatic nitrogens is 4. The molecule has 0 bridgehead atoms. The highest BCUT2D eigenvalue weighted by molar-refractivity contribution is 6.04. The number of rotatable bonds is 6. The maximum atomic E-state index is 12.5. The summed E-state index contributed by atoms with van der Waals surface area (Å²) in [6, 6.07) is 10.7. The highest BCUT2D eigenvalue weighted by Crippen LogP contribution is 2.31. The summed E-state index contributed by atoms with van der Waals surface area (Å²) in [5, 5.41) is 13.4. The molecule has 0 saturated carbocycles. The molecule has 1 aromatic heterocycles. The minimum atomic E-state index is -3.01. The molecule has 26 heavy (non-hydrogen) atoms. The maximum absolute atomic E-state index is 12.5. The summed E-state index contributed by atoms with van der Waals surface area (Å²) in [7, 11) is 1.33. The lowest BCUT2D eigenvalue weighted by Gasteiger charge is -2.12. The van der Waals surface area contributed by atoms with Crippen molar-refractivity contribution in [3.63, 3.8) is 0 Å². The molecule has 1 heterocycles. The molecule has 10 heteroatoms. The first kappa shape index (κ1) is 17.3. The molecule has 0 saturated heterocycles. The van der Waals surface area contributed by atoms with Crippen molar-refractivity contribution >= 4 is 11.6 Å². The summed E-state index contributed by atoms with van der Waals surface area (Å²) >= 11 is 0. The van der Waals surface area contributed by atoms with E-state index in [4.69, 9.17) is 4.74 Å². The van der Waals surface area contributed by atoms with Gasteiger partial charge >= 0.3 is 6.61 Å². The van der Waals surface area contributed by atoms with E-state index in [-0.39, 0.29) is 17.2 Å². The Labute approximate surface area is 146 Å².